The minimum absolute atomic E-state index is 0.300. The van der Waals surface area contributed by atoms with E-state index in [2.05, 4.69) is 6.92 Å². The van der Waals surface area contributed by atoms with E-state index in [4.69, 9.17) is 9.84 Å². The Morgan fingerprint density at radius 3 is 1.96 bits per heavy atom. The summed E-state index contributed by atoms with van der Waals surface area (Å²) in [5.74, 6) is -1.76. The molecule has 0 heterocycles. The number of carbonyl (C=O) groups is 2. The van der Waals surface area contributed by atoms with Crippen molar-refractivity contribution in [3.63, 3.8) is 0 Å². The van der Waals surface area contributed by atoms with Crippen molar-refractivity contribution >= 4 is 11.9 Å². The number of carboxylic acids is 1. The Hall–Kier alpha value is -1.36. The van der Waals surface area contributed by atoms with E-state index >= 15 is 0 Å². The van der Waals surface area contributed by atoms with Gasteiger partial charge in [-0.25, -0.2) is 9.59 Å². The third kappa shape index (κ3) is 14.0. The largest absolute Gasteiger partial charge is 0.478 e. The van der Waals surface area contributed by atoms with Gasteiger partial charge in [0.15, 0.2) is 6.23 Å². The second-order valence-corrected chi connectivity index (χ2v) is 6.14. The van der Waals surface area contributed by atoms with Gasteiger partial charge >= 0.3 is 11.9 Å². The summed E-state index contributed by atoms with van der Waals surface area (Å²) in [6.45, 7) is 2.23. The van der Waals surface area contributed by atoms with Crippen molar-refractivity contribution in [2.75, 3.05) is 14.1 Å². The zero-order valence-corrected chi connectivity index (χ0v) is 14.9. The first-order valence-electron chi connectivity index (χ1n) is 8.75. The summed E-state index contributed by atoms with van der Waals surface area (Å²) in [5.41, 5.74) is 0. The number of carbonyl (C=O) groups excluding carboxylic acids is 1. The summed E-state index contributed by atoms with van der Waals surface area (Å²) >= 11 is 0. The first-order valence-corrected chi connectivity index (χ1v) is 8.75. The van der Waals surface area contributed by atoms with Crippen LogP contribution in [-0.4, -0.2) is 42.3 Å². The quantitative estimate of drug-likeness (QED) is 0.226. The molecule has 0 aliphatic carbocycles. The summed E-state index contributed by atoms with van der Waals surface area (Å²) < 4.78 is 5.27. The smallest absolute Gasteiger partial charge is 0.332 e. The maximum absolute atomic E-state index is 11.5. The van der Waals surface area contributed by atoms with Crippen LogP contribution in [-0.2, 0) is 14.3 Å². The zero-order valence-electron chi connectivity index (χ0n) is 14.9. The third-order valence-corrected chi connectivity index (χ3v) is 3.74. The highest BCUT2D eigenvalue weighted by Gasteiger charge is 2.14. The van der Waals surface area contributed by atoms with Crippen LogP contribution in [0.15, 0.2) is 12.2 Å². The van der Waals surface area contributed by atoms with Gasteiger partial charge in [-0.1, -0.05) is 58.3 Å². The molecule has 0 radical (unpaired) electrons. The monoisotopic (exact) mass is 327 g/mol. The maximum Gasteiger partial charge on any atom is 0.332 e. The molecule has 0 aliphatic heterocycles. The van der Waals surface area contributed by atoms with E-state index in [-0.39, 0.29) is 6.23 Å². The molecule has 1 unspecified atom stereocenters. The van der Waals surface area contributed by atoms with Crippen molar-refractivity contribution in [2.24, 2.45) is 0 Å². The lowest BCUT2D eigenvalue weighted by atomic mass is 10.1. The third-order valence-electron chi connectivity index (χ3n) is 3.74. The number of unbranched alkanes of at least 4 members (excludes halogenated alkanes) is 8. The Balaban J connectivity index is 3.80. The number of nitrogens with zero attached hydrogens (tertiary/aromatic N) is 1. The molecule has 0 amide bonds. The average molecular weight is 327 g/mol. The molecular weight excluding hydrogens is 294 g/mol. The van der Waals surface area contributed by atoms with Crippen molar-refractivity contribution < 1.29 is 19.4 Å². The molecule has 0 rings (SSSR count). The number of carboxylic acid groups (broad SMARTS) is 1. The lowest BCUT2D eigenvalue weighted by Gasteiger charge is -2.23. The number of ether oxygens (including phenoxy) is 1. The second-order valence-electron chi connectivity index (χ2n) is 6.14. The van der Waals surface area contributed by atoms with Crippen molar-refractivity contribution in [1.82, 2.24) is 4.90 Å². The summed E-state index contributed by atoms with van der Waals surface area (Å²) in [7, 11) is 3.71. The van der Waals surface area contributed by atoms with E-state index in [1.165, 1.54) is 44.9 Å². The maximum atomic E-state index is 11.5. The van der Waals surface area contributed by atoms with E-state index in [0.717, 1.165) is 31.4 Å². The topological polar surface area (TPSA) is 66.8 Å². The summed E-state index contributed by atoms with van der Waals surface area (Å²) in [6.07, 6.45) is 13.5. The number of hydrogen-bond acceptors (Lipinski definition) is 4. The molecule has 0 fully saturated rings. The predicted octanol–water partition coefficient (Wildman–Crippen LogP) is 3.98. The predicted molar refractivity (Wildman–Crippen MR) is 92.2 cm³/mol. The van der Waals surface area contributed by atoms with Gasteiger partial charge in [-0.3, -0.25) is 4.90 Å². The van der Waals surface area contributed by atoms with E-state index in [1.807, 2.05) is 19.0 Å². The first-order chi connectivity index (χ1) is 11.0. The van der Waals surface area contributed by atoms with Crippen LogP contribution in [0.4, 0.5) is 0 Å². The Labute approximate surface area is 140 Å². The van der Waals surface area contributed by atoms with Gasteiger partial charge in [-0.05, 0) is 26.9 Å². The van der Waals surface area contributed by atoms with Gasteiger partial charge in [-0.2, -0.15) is 0 Å². The highest BCUT2D eigenvalue weighted by molar-refractivity contribution is 5.90. The van der Waals surface area contributed by atoms with E-state index < -0.39 is 11.9 Å². The SMILES string of the molecule is CCCCCCCCCCCC(OC(=O)/C=C\C(=O)O)N(C)C. The van der Waals surface area contributed by atoms with Crippen LogP contribution in [0.1, 0.15) is 71.1 Å². The van der Waals surface area contributed by atoms with Crippen LogP contribution in [0, 0.1) is 0 Å². The lowest BCUT2D eigenvalue weighted by Crippen LogP contribution is -2.32. The van der Waals surface area contributed by atoms with Crippen LogP contribution in [0.3, 0.4) is 0 Å². The van der Waals surface area contributed by atoms with E-state index in [9.17, 15) is 9.59 Å². The standard InChI is InChI=1S/C18H33NO4/c1-4-5-6-7-8-9-10-11-12-13-16(19(2)3)23-18(22)15-14-17(20)21/h14-16H,4-13H2,1-3H3,(H,20,21)/b15-14-. The Morgan fingerprint density at radius 1 is 0.957 bits per heavy atom. The molecule has 0 aromatic rings. The molecule has 0 spiro atoms. The number of aliphatic carboxylic acids is 1. The normalized spacial score (nSPS) is 12.7. The van der Waals surface area contributed by atoms with Gasteiger partial charge in [0.2, 0.25) is 0 Å². The van der Waals surface area contributed by atoms with Gasteiger partial charge in [0.05, 0.1) is 0 Å². The molecule has 134 valence electrons. The van der Waals surface area contributed by atoms with Crippen molar-refractivity contribution in [2.45, 2.75) is 77.4 Å². The zero-order chi connectivity index (χ0) is 17.5. The molecule has 1 atom stereocenters. The Morgan fingerprint density at radius 2 is 1.48 bits per heavy atom. The molecule has 0 saturated carbocycles. The van der Waals surface area contributed by atoms with Crippen molar-refractivity contribution in [3.05, 3.63) is 12.2 Å². The summed E-state index contributed by atoms with van der Waals surface area (Å²) in [4.78, 5) is 23.7. The van der Waals surface area contributed by atoms with Crippen molar-refractivity contribution in [1.29, 1.82) is 0 Å². The van der Waals surface area contributed by atoms with Gasteiger partial charge in [-0.15, -0.1) is 0 Å². The fraction of sp³-hybridized carbons (Fsp3) is 0.778. The van der Waals surface area contributed by atoms with Gasteiger partial charge in [0.25, 0.3) is 0 Å². The minimum atomic E-state index is -1.15. The Bertz CT molecular complexity index is 353. The van der Waals surface area contributed by atoms with Crippen LogP contribution in [0.25, 0.3) is 0 Å². The molecule has 5 heteroatoms. The van der Waals surface area contributed by atoms with Gasteiger partial charge in [0, 0.05) is 12.2 Å². The highest BCUT2D eigenvalue weighted by Crippen LogP contribution is 2.13. The Kier molecular flexibility index (Phi) is 13.4. The molecule has 1 N–H and O–H groups in total. The van der Waals surface area contributed by atoms with E-state index in [1.54, 1.807) is 0 Å². The summed E-state index contributed by atoms with van der Waals surface area (Å²) in [6, 6.07) is 0. The minimum Gasteiger partial charge on any atom is -0.478 e. The van der Waals surface area contributed by atoms with Crippen LogP contribution >= 0.6 is 0 Å². The van der Waals surface area contributed by atoms with E-state index in [0.29, 0.717) is 0 Å². The molecule has 0 saturated heterocycles. The fourth-order valence-electron chi connectivity index (χ4n) is 2.36. The number of hydrogen-bond donors (Lipinski definition) is 1. The molecule has 0 aromatic carbocycles. The molecule has 0 aliphatic rings. The second kappa shape index (κ2) is 14.2. The van der Waals surface area contributed by atoms with Gasteiger partial charge in [0.1, 0.15) is 0 Å². The summed E-state index contributed by atoms with van der Waals surface area (Å²) in [5, 5.41) is 8.49. The van der Waals surface area contributed by atoms with Crippen LogP contribution < -0.4 is 0 Å². The molecule has 23 heavy (non-hydrogen) atoms. The average Bonchev–Trinajstić information content (AvgIpc) is 2.49. The fourth-order valence-corrected chi connectivity index (χ4v) is 2.36. The highest BCUT2D eigenvalue weighted by atomic mass is 16.6. The first kappa shape index (κ1) is 21.6. The number of esters is 1. The molecular formula is C18H33NO4. The van der Waals surface area contributed by atoms with Crippen molar-refractivity contribution in [3.8, 4) is 0 Å². The van der Waals surface area contributed by atoms with Crippen LogP contribution in [0.2, 0.25) is 0 Å². The molecule has 0 bridgehead atoms. The van der Waals surface area contributed by atoms with Gasteiger partial charge < -0.3 is 9.84 Å². The number of rotatable bonds is 14. The lowest BCUT2D eigenvalue weighted by molar-refractivity contribution is -0.151. The van der Waals surface area contributed by atoms with Crippen LogP contribution in [0.5, 0.6) is 0 Å². The molecule has 5 nitrogen and oxygen atoms in total. The molecule has 0 aromatic heterocycles.